The average molecular weight is 593 g/mol. The number of hydrogen-bond acceptors (Lipinski definition) is 7. The highest BCUT2D eigenvalue weighted by Gasteiger charge is 2.40. The van der Waals surface area contributed by atoms with E-state index in [2.05, 4.69) is 27.5 Å². The van der Waals surface area contributed by atoms with Gasteiger partial charge in [-0.1, -0.05) is 23.7 Å². The van der Waals surface area contributed by atoms with E-state index < -0.39 is 5.54 Å². The first-order valence-electron chi connectivity index (χ1n) is 14.0. The molecule has 1 fully saturated rings. The highest BCUT2D eigenvalue weighted by Crippen LogP contribution is 2.43. The number of benzene rings is 1. The third kappa shape index (κ3) is 5.96. The van der Waals surface area contributed by atoms with Gasteiger partial charge in [0, 0.05) is 49.6 Å². The topological polar surface area (TPSA) is 112 Å². The second-order valence-corrected chi connectivity index (χ2v) is 11.5. The fraction of sp³-hybridized carbons (Fsp3) is 0.387. The van der Waals surface area contributed by atoms with Crippen LogP contribution in [0.3, 0.4) is 0 Å². The van der Waals surface area contributed by atoms with E-state index in [1.807, 2.05) is 48.2 Å². The summed E-state index contributed by atoms with van der Waals surface area (Å²) in [6.07, 6.45) is 9.27. The van der Waals surface area contributed by atoms with Gasteiger partial charge in [-0.25, -0.2) is 0 Å². The second-order valence-electron chi connectivity index (χ2n) is 11.1. The highest BCUT2D eigenvalue weighted by atomic mass is 35.5. The summed E-state index contributed by atoms with van der Waals surface area (Å²) in [5.41, 5.74) is 3.52. The number of para-hydroxylation sites is 1. The predicted octanol–water partition coefficient (Wildman–Crippen LogP) is 4.65. The molecule has 222 valence electrons. The summed E-state index contributed by atoms with van der Waals surface area (Å²) in [4.78, 5) is 37.9. The normalized spacial score (nSPS) is 18.3. The van der Waals surface area contributed by atoms with Crippen LogP contribution in [-0.2, 0) is 11.2 Å². The Morgan fingerprint density at radius 2 is 2.14 bits per heavy atom. The molecule has 4 heterocycles. The maximum absolute atomic E-state index is 13.1. The van der Waals surface area contributed by atoms with E-state index in [4.69, 9.17) is 21.1 Å². The molecule has 0 unspecified atom stereocenters. The van der Waals surface area contributed by atoms with Crippen molar-refractivity contribution in [3.8, 4) is 22.8 Å². The Hall–Kier alpha value is -4.02. The molecule has 2 aliphatic rings. The third-order valence-electron chi connectivity index (χ3n) is 7.73. The number of carbonyl (C=O) groups excluding carboxylic acids is 2. The molecular formula is C31H37ClN6O4. The monoisotopic (exact) mass is 592 g/mol. The zero-order valence-corrected chi connectivity index (χ0v) is 25.2. The number of rotatable bonds is 10. The van der Waals surface area contributed by atoms with Crippen LogP contribution in [-0.4, -0.2) is 84.6 Å². The van der Waals surface area contributed by atoms with Gasteiger partial charge >= 0.3 is 0 Å². The molecule has 11 heteroatoms. The van der Waals surface area contributed by atoms with E-state index in [9.17, 15) is 9.59 Å². The van der Waals surface area contributed by atoms with Gasteiger partial charge in [-0.15, -0.1) is 0 Å². The zero-order chi connectivity index (χ0) is 29.9. The summed E-state index contributed by atoms with van der Waals surface area (Å²) >= 11 is 6.40. The summed E-state index contributed by atoms with van der Waals surface area (Å²) in [5, 5.41) is 6.80. The van der Waals surface area contributed by atoms with Crippen LogP contribution in [0.1, 0.15) is 35.8 Å². The van der Waals surface area contributed by atoms with Crippen LogP contribution in [0.4, 0.5) is 11.4 Å². The molecule has 42 heavy (non-hydrogen) atoms. The number of aromatic nitrogens is 2. The van der Waals surface area contributed by atoms with Crippen molar-refractivity contribution in [1.82, 2.24) is 25.1 Å². The first kappa shape index (κ1) is 29.5. The van der Waals surface area contributed by atoms with Crippen molar-refractivity contribution < 1.29 is 19.1 Å². The number of carbonyl (C=O) groups is 2. The molecule has 0 spiro atoms. The summed E-state index contributed by atoms with van der Waals surface area (Å²) in [5.74, 6) is 0.827. The lowest BCUT2D eigenvalue weighted by Gasteiger charge is -2.34. The third-order valence-corrected chi connectivity index (χ3v) is 8.03. The second kappa shape index (κ2) is 12.5. The van der Waals surface area contributed by atoms with E-state index in [0.717, 1.165) is 24.1 Å². The number of anilines is 2. The molecule has 2 amide bonds. The van der Waals surface area contributed by atoms with Crippen LogP contribution in [0.25, 0.3) is 11.3 Å². The van der Waals surface area contributed by atoms with E-state index in [-0.39, 0.29) is 11.8 Å². The number of pyridine rings is 1. The molecule has 2 aromatic heterocycles. The molecule has 0 radical (unpaired) electrons. The minimum atomic E-state index is -0.475. The maximum atomic E-state index is 13.1. The quantitative estimate of drug-likeness (QED) is 0.294. The van der Waals surface area contributed by atoms with Gasteiger partial charge in [-0.2, -0.15) is 0 Å². The molecule has 0 bridgehead atoms. The maximum Gasteiger partial charge on any atom is 0.255 e. The summed E-state index contributed by atoms with van der Waals surface area (Å²) in [7, 11) is 5.48. The number of H-pyrrole nitrogens is 1. The van der Waals surface area contributed by atoms with Crippen LogP contribution in [0.15, 0.2) is 48.8 Å². The molecule has 5 rings (SSSR count). The fourth-order valence-electron chi connectivity index (χ4n) is 5.59. The van der Waals surface area contributed by atoms with Crippen molar-refractivity contribution in [2.75, 3.05) is 52.8 Å². The number of halogens is 1. The zero-order valence-electron chi connectivity index (χ0n) is 24.4. The van der Waals surface area contributed by atoms with E-state index >= 15 is 0 Å². The van der Waals surface area contributed by atoms with Gasteiger partial charge < -0.3 is 34.9 Å². The van der Waals surface area contributed by atoms with Crippen molar-refractivity contribution in [3.63, 3.8) is 0 Å². The standard InChI is InChI=1S/C31H37ClN6O4/c1-31(13-7-17-38(31)25(39)10-6-16-37(2)3)19-42-24-18-33-14-11-20(24)27-28(26-22(35-27)12-15-34-30(26)40)36-23-9-5-8-21(32)29(23)41-4/h5-6,8-11,14,18,35-36H,7,12-13,15-17,19H2,1-4H3,(H,34,40)/b10-6+/t31-/m1/s1. The number of likely N-dealkylation sites (N-methyl/N-ethyl adjacent to an activating group) is 1. The Bertz CT molecular complexity index is 1500. The minimum absolute atomic E-state index is 0.0168. The highest BCUT2D eigenvalue weighted by molar-refractivity contribution is 6.32. The van der Waals surface area contributed by atoms with Crippen molar-refractivity contribution in [3.05, 3.63) is 65.1 Å². The first-order chi connectivity index (χ1) is 20.2. The lowest BCUT2D eigenvalue weighted by atomic mass is 10.00. The largest absolute Gasteiger partial charge is 0.493 e. The molecule has 1 saturated heterocycles. The van der Waals surface area contributed by atoms with E-state index in [1.165, 1.54) is 0 Å². The van der Waals surface area contributed by atoms with Crippen molar-refractivity contribution >= 4 is 34.8 Å². The molecule has 0 aliphatic carbocycles. The van der Waals surface area contributed by atoms with Gasteiger partial charge in [0.05, 0.1) is 46.5 Å². The number of ether oxygens (including phenoxy) is 2. The van der Waals surface area contributed by atoms with E-state index in [0.29, 0.717) is 71.8 Å². The Morgan fingerprint density at radius 1 is 1.31 bits per heavy atom. The summed E-state index contributed by atoms with van der Waals surface area (Å²) in [6.45, 7) is 4.27. The number of fused-ring (bicyclic) bond motifs is 1. The molecule has 1 aromatic carbocycles. The van der Waals surface area contributed by atoms with Crippen LogP contribution >= 0.6 is 11.6 Å². The van der Waals surface area contributed by atoms with Crippen LogP contribution in [0.5, 0.6) is 11.5 Å². The number of nitrogens with one attached hydrogen (secondary N) is 3. The fourth-order valence-corrected chi connectivity index (χ4v) is 5.85. The predicted molar refractivity (Wildman–Crippen MR) is 164 cm³/mol. The smallest absolute Gasteiger partial charge is 0.255 e. The number of methoxy groups -OCH3 is 1. The molecule has 3 N–H and O–H groups in total. The number of aromatic amines is 1. The van der Waals surface area contributed by atoms with Gasteiger partial charge in [-0.05, 0) is 52.1 Å². The first-order valence-corrected chi connectivity index (χ1v) is 14.4. The number of likely N-dealkylation sites (tertiary alicyclic amines) is 1. The Morgan fingerprint density at radius 3 is 2.93 bits per heavy atom. The van der Waals surface area contributed by atoms with Gasteiger partial charge in [0.2, 0.25) is 5.91 Å². The lowest BCUT2D eigenvalue weighted by molar-refractivity contribution is -0.130. The molecular weight excluding hydrogens is 556 g/mol. The van der Waals surface area contributed by atoms with E-state index in [1.54, 1.807) is 31.6 Å². The number of nitrogens with zero attached hydrogens (tertiary/aromatic N) is 3. The van der Waals surface area contributed by atoms with Crippen LogP contribution in [0.2, 0.25) is 5.02 Å². The van der Waals surface area contributed by atoms with Gasteiger partial charge in [-0.3, -0.25) is 14.6 Å². The molecule has 3 aromatic rings. The molecule has 0 saturated carbocycles. The molecule has 1 atom stereocenters. The van der Waals surface area contributed by atoms with Gasteiger partial charge in [0.15, 0.2) is 5.75 Å². The average Bonchev–Trinajstić information content (AvgIpc) is 3.53. The number of hydrogen-bond donors (Lipinski definition) is 3. The van der Waals surface area contributed by atoms with Gasteiger partial charge in [0.25, 0.3) is 5.91 Å². The lowest BCUT2D eigenvalue weighted by Crippen LogP contribution is -2.48. The van der Waals surface area contributed by atoms with Gasteiger partial charge in [0.1, 0.15) is 12.4 Å². The summed E-state index contributed by atoms with van der Waals surface area (Å²) < 4.78 is 12.0. The minimum Gasteiger partial charge on any atom is -0.493 e. The van der Waals surface area contributed by atoms with Crippen molar-refractivity contribution in [2.45, 2.75) is 31.7 Å². The Labute approximate surface area is 251 Å². The van der Waals surface area contributed by atoms with Crippen LogP contribution < -0.4 is 20.1 Å². The molecule has 2 aliphatic heterocycles. The van der Waals surface area contributed by atoms with Crippen LogP contribution in [0, 0.1) is 0 Å². The molecule has 10 nitrogen and oxygen atoms in total. The Kier molecular flexibility index (Phi) is 8.74. The summed E-state index contributed by atoms with van der Waals surface area (Å²) in [6, 6.07) is 7.27. The SMILES string of the molecule is COc1c(Cl)cccc1Nc1c(-c2ccncc2OC[C@@]2(C)CCCN2C(=O)/C=C/CN(C)C)[nH]c2c1C(=O)NCC2. The van der Waals surface area contributed by atoms with Crippen molar-refractivity contribution in [2.24, 2.45) is 0 Å². The van der Waals surface area contributed by atoms with Crippen molar-refractivity contribution in [1.29, 1.82) is 0 Å². The number of amides is 2. The Balaban J connectivity index is 1.47.